The van der Waals surface area contributed by atoms with Crippen LogP contribution in [-0.4, -0.2) is 75.1 Å². The molecule has 0 aromatic rings. The predicted molar refractivity (Wildman–Crippen MR) is 257 cm³/mol. The van der Waals surface area contributed by atoms with Crippen molar-refractivity contribution in [3.63, 3.8) is 0 Å². The molecule has 62 heavy (non-hydrogen) atoms. The molecule has 362 valence electrons. The Kier molecular flexibility index (Phi) is 23.1. The number of quaternary nitrogens is 1. The van der Waals surface area contributed by atoms with Gasteiger partial charge in [-0.25, -0.2) is 4.57 Å². The molecule has 2 unspecified atom stereocenters. The van der Waals surface area contributed by atoms with Gasteiger partial charge in [-0.05, 0) is 104 Å². The van der Waals surface area contributed by atoms with Crippen molar-refractivity contribution in [2.75, 3.05) is 47.5 Å². The van der Waals surface area contributed by atoms with E-state index in [2.05, 4.69) is 47.6 Å². The Balaban J connectivity index is 1.23. The molecule has 3 fully saturated rings. The molecule has 9 heteroatoms. The quantitative estimate of drug-likeness (QED) is 0.0236. The topological polar surface area (TPSA) is 91.3 Å². The standard InChI is InChI=1S/C53H98NO7P/c1-10-11-12-13-14-15-16-17-18-19-20-21-22-23-24-28-51(55)61-46(41-60-62(56,57)59-38-37-54(7,8)9)40-58-45-33-35-52(5)44(39-45)29-30-47-49-32-31-48(43(4)27-25-26-42(2)3)53(49,6)36-34-50(47)52/h29,42-43,45-50H,10-28,30-41H2,1-9H3/p+1/t43-,45+,46?,47+,48-,49+,50+,52+,53-/m1/s1. The first-order valence-electron chi connectivity index (χ1n) is 26.4. The van der Waals surface area contributed by atoms with Crippen molar-refractivity contribution < 1.29 is 37.3 Å². The first-order valence-corrected chi connectivity index (χ1v) is 27.9. The van der Waals surface area contributed by atoms with E-state index in [1.807, 2.05) is 21.1 Å². The minimum atomic E-state index is -4.33. The van der Waals surface area contributed by atoms with Gasteiger partial charge in [-0.2, -0.15) is 0 Å². The smallest absolute Gasteiger partial charge is 0.457 e. The highest BCUT2D eigenvalue weighted by Crippen LogP contribution is 2.67. The third kappa shape index (κ3) is 17.5. The number of rotatable bonds is 32. The number of esters is 1. The van der Waals surface area contributed by atoms with Crippen LogP contribution in [0.3, 0.4) is 0 Å². The van der Waals surface area contributed by atoms with E-state index in [1.54, 1.807) is 5.57 Å². The van der Waals surface area contributed by atoms with Crippen LogP contribution in [0.25, 0.3) is 0 Å². The molecule has 0 amide bonds. The number of nitrogens with zero attached hydrogens (tertiary/aromatic N) is 1. The van der Waals surface area contributed by atoms with E-state index in [0.29, 0.717) is 22.9 Å². The lowest BCUT2D eigenvalue weighted by molar-refractivity contribution is -0.870. The van der Waals surface area contributed by atoms with Gasteiger partial charge in [0.15, 0.2) is 0 Å². The molecular formula is C53H99NO7P+. The lowest BCUT2D eigenvalue weighted by Crippen LogP contribution is -2.51. The van der Waals surface area contributed by atoms with Gasteiger partial charge in [0.25, 0.3) is 0 Å². The fraction of sp³-hybridized carbons (Fsp3) is 0.943. The Hall–Kier alpha value is -0.760. The molecule has 0 heterocycles. The van der Waals surface area contributed by atoms with Crippen molar-refractivity contribution in [2.45, 2.75) is 227 Å². The van der Waals surface area contributed by atoms with E-state index in [1.165, 1.54) is 128 Å². The zero-order chi connectivity index (χ0) is 45.2. The van der Waals surface area contributed by atoms with E-state index in [0.717, 1.165) is 74.0 Å². The average Bonchev–Trinajstić information content (AvgIpc) is 3.57. The van der Waals surface area contributed by atoms with Crippen LogP contribution in [-0.2, 0) is 27.9 Å². The molecule has 10 atom stereocenters. The van der Waals surface area contributed by atoms with Crippen LogP contribution in [0.4, 0.5) is 0 Å². The Labute approximate surface area is 382 Å². The van der Waals surface area contributed by atoms with Gasteiger partial charge in [0.2, 0.25) is 0 Å². The third-order valence-corrected chi connectivity index (χ3v) is 17.5. The molecule has 4 aliphatic carbocycles. The minimum absolute atomic E-state index is 0.0285. The van der Waals surface area contributed by atoms with Crippen LogP contribution in [0.1, 0.15) is 215 Å². The van der Waals surface area contributed by atoms with Gasteiger partial charge in [0.1, 0.15) is 19.3 Å². The van der Waals surface area contributed by atoms with Gasteiger partial charge in [0, 0.05) is 6.42 Å². The highest BCUT2D eigenvalue weighted by molar-refractivity contribution is 7.47. The maximum atomic E-state index is 13.1. The van der Waals surface area contributed by atoms with Crippen LogP contribution in [0.5, 0.6) is 0 Å². The number of phosphoric ester groups is 1. The summed E-state index contributed by atoms with van der Waals surface area (Å²) in [6.45, 7) is 15.4. The van der Waals surface area contributed by atoms with E-state index < -0.39 is 13.9 Å². The van der Waals surface area contributed by atoms with Gasteiger partial charge >= 0.3 is 13.8 Å². The summed E-state index contributed by atoms with van der Waals surface area (Å²) in [6.07, 6.45) is 35.1. The molecule has 0 aromatic carbocycles. The summed E-state index contributed by atoms with van der Waals surface area (Å²) < 4.78 is 36.7. The number of phosphoric acid groups is 1. The first-order chi connectivity index (χ1) is 29.5. The Morgan fingerprint density at radius 1 is 0.790 bits per heavy atom. The molecule has 0 aromatic heterocycles. The second kappa shape index (κ2) is 26.5. The van der Waals surface area contributed by atoms with Crippen molar-refractivity contribution >= 4 is 13.8 Å². The highest BCUT2D eigenvalue weighted by atomic mass is 31.2. The fourth-order valence-electron chi connectivity index (χ4n) is 12.7. The van der Waals surface area contributed by atoms with Gasteiger partial charge in [-0.1, -0.05) is 162 Å². The van der Waals surface area contributed by atoms with E-state index in [4.69, 9.17) is 18.5 Å². The third-order valence-electron chi connectivity index (χ3n) is 16.5. The average molecular weight is 893 g/mol. The summed E-state index contributed by atoms with van der Waals surface area (Å²) in [5.41, 5.74) is 2.27. The SMILES string of the molecule is CCCCCCCCCCCCCCCCCC(=O)OC(CO[C@H]1CC[C@@]2(C)C(=CC[C@H]3[C@@H]4CC[C@H]([C@H](C)CCCC(C)C)[C@@]4(C)CC[C@@H]32)C1)COP(=O)(O)OCC[N+](C)(C)C. The second-order valence-electron chi connectivity index (χ2n) is 22.9. The predicted octanol–water partition coefficient (Wildman–Crippen LogP) is 14.4. The van der Waals surface area contributed by atoms with Crippen molar-refractivity contribution in [3.8, 4) is 0 Å². The summed E-state index contributed by atoms with van der Waals surface area (Å²) in [7, 11) is 1.67. The molecule has 1 N–H and O–H groups in total. The number of hydrogen-bond donors (Lipinski definition) is 1. The van der Waals surface area contributed by atoms with Crippen LogP contribution < -0.4 is 0 Å². The zero-order valence-corrected chi connectivity index (χ0v) is 42.8. The summed E-state index contributed by atoms with van der Waals surface area (Å²) in [6, 6.07) is 0. The van der Waals surface area contributed by atoms with Crippen molar-refractivity contribution in [1.29, 1.82) is 0 Å². The first kappa shape index (κ1) is 53.9. The molecule has 8 nitrogen and oxygen atoms in total. The Morgan fingerprint density at radius 3 is 2.03 bits per heavy atom. The highest BCUT2D eigenvalue weighted by Gasteiger charge is 2.59. The molecule has 0 spiro atoms. The molecule has 0 radical (unpaired) electrons. The monoisotopic (exact) mass is 893 g/mol. The number of ether oxygens (including phenoxy) is 2. The minimum Gasteiger partial charge on any atom is -0.457 e. The Bertz CT molecular complexity index is 1360. The van der Waals surface area contributed by atoms with E-state index in [-0.39, 0.29) is 37.3 Å². The normalized spacial score (nSPS) is 29.3. The maximum absolute atomic E-state index is 13.1. The second-order valence-corrected chi connectivity index (χ2v) is 24.4. The molecule has 3 saturated carbocycles. The molecule has 0 aliphatic heterocycles. The molecular weight excluding hydrogens is 794 g/mol. The van der Waals surface area contributed by atoms with Crippen molar-refractivity contribution in [1.82, 2.24) is 0 Å². The lowest BCUT2D eigenvalue weighted by atomic mass is 9.47. The summed E-state index contributed by atoms with van der Waals surface area (Å²) >= 11 is 0. The maximum Gasteiger partial charge on any atom is 0.472 e. The summed E-state index contributed by atoms with van der Waals surface area (Å²) in [5.74, 6) is 4.57. The zero-order valence-electron chi connectivity index (χ0n) is 41.9. The number of unbranched alkanes of at least 4 members (excludes halogenated alkanes) is 14. The van der Waals surface area contributed by atoms with Crippen LogP contribution in [0.15, 0.2) is 11.6 Å². The van der Waals surface area contributed by atoms with Gasteiger partial charge < -0.3 is 18.9 Å². The van der Waals surface area contributed by atoms with Gasteiger partial charge in [-0.15, -0.1) is 0 Å². The van der Waals surface area contributed by atoms with Crippen LogP contribution in [0.2, 0.25) is 0 Å². The number of likely N-dealkylation sites (N-methyl/N-ethyl adjacent to an activating group) is 1. The summed E-state index contributed by atoms with van der Waals surface area (Å²) in [5, 5.41) is 0. The lowest BCUT2D eigenvalue weighted by Gasteiger charge is -2.58. The molecule has 0 saturated heterocycles. The van der Waals surface area contributed by atoms with E-state index >= 15 is 0 Å². The van der Waals surface area contributed by atoms with Crippen molar-refractivity contribution in [2.24, 2.45) is 46.3 Å². The van der Waals surface area contributed by atoms with Crippen molar-refractivity contribution in [3.05, 3.63) is 11.6 Å². The molecule has 0 bridgehead atoms. The Morgan fingerprint density at radius 2 is 1.42 bits per heavy atom. The number of fused-ring (bicyclic) bond motifs is 5. The number of allylic oxidation sites excluding steroid dienone is 1. The molecule has 4 aliphatic rings. The van der Waals surface area contributed by atoms with Gasteiger partial charge in [0.05, 0.1) is 40.5 Å². The number of hydrogen-bond acceptors (Lipinski definition) is 6. The van der Waals surface area contributed by atoms with Crippen LogP contribution in [0, 0.1) is 46.3 Å². The number of carbonyl (C=O) groups is 1. The largest absolute Gasteiger partial charge is 0.472 e. The van der Waals surface area contributed by atoms with E-state index in [9.17, 15) is 14.3 Å². The molecule has 4 rings (SSSR count). The summed E-state index contributed by atoms with van der Waals surface area (Å²) in [4.78, 5) is 23.6. The van der Waals surface area contributed by atoms with Crippen LogP contribution >= 0.6 is 7.82 Å². The number of carbonyl (C=O) groups excluding carboxylic acids is 1. The fourth-order valence-corrected chi connectivity index (χ4v) is 13.4. The van der Waals surface area contributed by atoms with Gasteiger partial charge in [-0.3, -0.25) is 13.8 Å².